The SMILES string of the molecule is CC(C)N(C(=O)c1ccccc1)C(C)C.Cl. The van der Waals surface area contributed by atoms with Crippen LogP contribution in [0.1, 0.15) is 38.1 Å². The van der Waals surface area contributed by atoms with Crippen molar-refractivity contribution in [3.05, 3.63) is 35.9 Å². The Morgan fingerprint density at radius 3 is 1.81 bits per heavy atom. The van der Waals surface area contributed by atoms with Crippen molar-refractivity contribution < 1.29 is 4.79 Å². The lowest BCUT2D eigenvalue weighted by molar-refractivity contribution is 0.0644. The Morgan fingerprint density at radius 1 is 1.00 bits per heavy atom. The van der Waals surface area contributed by atoms with Gasteiger partial charge < -0.3 is 4.90 Å². The van der Waals surface area contributed by atoms with Gasteiger partial charge in [0.1, 0.15) is 0 Å². The maximum Gasteiger partial charge on any atom is 0.254 e. The van der Waals surface area contributed by atoms with Crippen molar-refractivity contribution in [2.45, 2.75) is 39.8 Å². The fraction of sp³-hybridized carbons (Fsp3) is 0.462. The van der Waals surface area contributed by atoms with Crippen LogP contribution in [0.2, 0.25) is 0 Å². The molecule has 0 N–H and O–H groups in total. The molecule has 0 atom stereocenters. The van der Waals surface area contributed by atoms with Crippen molar-refractivity contribution in [3.8, 4) is 0 Å². The zero-order valence-corrected chi connectivity index (χ0v) is 11.1. The standard InChI is InChI=1S/C13H19NO.ClH/c1-10(2)14(11(3)4)13(15)12-8-6-5-7-9-12;/h5-11H,1-4H3;1H. The van der Waals surface area contributed by atoms with E-state index in [9.17, 15) is 4.79 Å². The Bertz CT molecular complexity index is 314. The van der Waals surface area contributed by atoms with Crippen LogP contribution in [0, 0.1) is 0 Å². The number of hydrogen-bond acceptors (Lipinski definition) is 1. The highest BCUT2D eigenvalue weighted by molar-refractivity contribution is 5.94. The average molecular weight is 242 g/mol. The van der Waals surface area contributed by atoms with E-state index in [-0.39, 0.29) is 30.4 Å². The summed E-state index contributed by atoms with van der Waals surface area (Å²) in [5.74, 6) is 0.112. The Labute approximate surface area is 104 Å². The van der Waals surface area contributed by atoms with Crippen LogP contribution in [0.5, 0.6) is 0 Å². The molecule has 0 spiro atoms. The molecule has 0 aromatic heterocycles. The molecule has 0 saturated carbocycles. The highest BCUT2D eigenvalue weighted by Gasteiger charge is 2.20. The summed E-state index contributed by atoms with van der Waals surface area (Å²) in [6.07, 6.45) is 0. The van der Waals surface area contributed by atoms with Crippen molar-refractivity contribution in [1.82, 2.24) is 4.90 Å². The quantitative estimate of drug-likeness (QED) is 0.795. The van der Waals surface area contributed by atoms with Gasteiger partial charge in [-0.2, -0.15) is 0 Å². The number of hydrogen-bond donors (Lipinski definition) is 0. The molecule has 90 valence electrons. The van der Waals surface area contributed by atoms with Crippen LogP contribution in [-0.2, 0) is 0 Å². The van der Waals surface area contributed by atoms with Crippen LogP contribution in [0.3, 0.4) is 0 Å². The minimum Gasteiger partial charge on any atom is -0.334 e. The normalized spacial score (nSPS) is 10.1. The van der Waals surface area contributed by atoms with E-state index < -0.39 is 0 Å². The van der Waals surface area contributed by atoms with E-state index in [1.165, 1.54) is 0 Å². The summed E-state index contributed by atoms with van der Waals surface area (Å²) in [7, 11) is 0. The van der Waals surface area contributed by atoms with Gasteiger partial charge in [0, 0.05) is 17.6 Å². The van der Waals surface area contributed by atoms with E-state index >= 15 is 0 Å². The van der Waals surface area contributed by atoms with Crippen LogP contribution < -0.4 is 0 Å². The monoisotopic (exact) mass is 241 g/mol. The third-order valence-electron chi connectivity index (χ3n) is 2.37. The number of amides is 1. The summed E-state index contributed by atoms with van der Waals surface area (Å²) in [4.78, 5) is 14.1. The molecule has 0 fully saturated rings. The van der Waals surface area contributed by atoms with Crippen LogP contribution in [0.15, 0.2) is 30.3 Å². The molecule has 1 aromatic carbocycles. The molecule has 0 unspecified atom stereocenters. The molecular weight excluding hydrogens is 222 g/mol. The predicted molar refractivity (Wildman–Crippen MR) is 70.1 cm³/mol. The first-order chi connectivity index (χ1) is 7.04. The Kier molecular flexibility index (Phi) is 6.12. The Hall–Kier alpha value is -1.02. The number of rotatable bonds is 3. The Balaban J connectivity index is 0.00000225. The van der Waals surface area contributed by atoms with E-state index in [0.717, 1.165) is 5.56 Å². The smallest absolute Gasteiger partial charge is 0.254 e. The highest BCUT2D eigenvalue weighted by atomic mass is 35.5. The summed E-state index contributed by atoms with van der Waals surface area (Å²) in [5, 5.41) is 0. The molecule has 0 saturated heterocycles. The predicted octanol–water partition coefficient (Wildman–Crippen LogP) is 3.37. The van der Waals surface area contributed by atoms with Gasteiger partial charge in [0.25, 0.3) is 5.91 Å². The van der Waals surface area contributed by atoms with Gasteiger partial charge >= 0.3 is 0 Å². The van der Waals surface area contributed by atoms with Crippen LogP contribution >= 0.6 is 12.4 Å². The van der Waals surface area contributed by atoms with Gasteiger partial charge in [-0.15, -0.1) is 12.4 Å². The van der Waals surface area contributed by atoms with E-state index in [2.05, 4.69) is 0 Å². The molecule has 0 aliphatic carbocycles. The van der Waals surface area contributed by atoms with Gasteiger partial charge in [0.2, 0.25) is 0 Å². The van der Waals surface area contributed by atoms with E-state index in [1.54, 1.807) is 0 Å². The first kappa shape index (κ1) is 15.0. The van der Waals surface area contributed by atoms with E-state index in [4.69, 9.17) is 0 Å². The molecule has 0 heterocycles. The molecule has 1 aromatic rings. The van der Waals surface area contributed by atoms with Crippen molar-refractivity contribution in [1.29, 1.82) is 0 Å². The Morgan fingerprint density at radius 2 is 1.44 bits per heavy atom. The molecule has 1 amide bonds. The topological polar surface area (TPSA) is 20.3 Å². The maximum absolute atomic E-state index is 12.2. The molecular formula is C13H20ClNO. The largest absolute Gasteiger partial charge is 0.334 e. The molecule has 3 heteroatoms. The zero-order valence-electron chi connectivity index (χ0n) is 10.3. The number of carbonyl (C=O) groups is 1. The lowest BCUT2D eigenvalue weighted by atomic mass is 10.1. The van der Waals surface area contributed by atoms with Crippen molar-refractivity contribution >= 4 is 18.3 Å². The molecule has 2 nitrogen and oxygen atoms in total. The molecule has 16 heavy (non-hydrogen) atoms. The summed E-state index contributed by atoms with van der Waals surface area (Å²) < 4.78 is 0. The van der Waals surface area contributed by atoms with E-state index in [0.29, 0.717) is 0 Å². The van der Waals surface area contributed by atoms with Crippen molar-refractivity contribution in [3.63, 3.8) is 0 Å². The van der Waals surface area contributed by atoms with Gasteiger partial charge in [-0.05, 0) is 39.8 Å². The average Bonchev–Trinajstić information content (AvgIpc) is 2.18. The summed E-state index contributed by atoms with van der Waals surface area (Å²) >= 11 is 0. The molecule has 0 aliphatic heterocycles. The lowest BCUT2D eigenvalue weighted by Gasteiger charge is -2.30. The maximum atomic E-state index is 12.2. The summed E-state index contributed by atoms with van der Waals surface area (Å²) in [6, 6.07) is 9.90. The van der Waals surface area contributed by atoms with E-state index in [1.807, 2.05) is 62.9 Å². The van der Waals surface area contributed by atoms with Crippen LogP contribution in [0.4, 0.5) is 0 Å². The minimum absolute atomic E-state index is 0. The van der Waals surface area contributed by atoms with Gasteiger partial charge in [0.05, 0.1) is 0 Å². The third-order valence-corrected chi connectivity index (χ3v) is 2.37. The van der Waals surface area contributed by atoms with Gasteiger partial charge in [0.15, 0.2) is 0 Å². The van der Waals surface area contributed by atoms with Crippen LogP contribution in [-0.4, -0.2) is 22.9 Å². The lowest BCUT2D eigenvalue weighted by Crippen LogP contribution is -2.42. The highest BCUT2D eigenvalue weighted by Crippen LogP contribution is 2.11. The summed E-state index contributed by atoms with van der Waals surface area (Å²) in [6.45, 7) is 8.17. The number of benzene rings is 1. The first-order valence-corrected chi connectivity index (χ1v) is 5.41. The summed E-state index contributed by atoms with van der Waals surface area (Å²) in [5.41, 5.74) is 0.764. The van der Waals surface area contributed by atoms with Crippen molar-refractivity contribution in [2.75, 3.05) is 0 Å². The molecule has 0 aliphatic rings. The molecule has 1 rings (SSSR count). The zero-order chi connectivity index (χ0) is 11.4. The van der Waals surface area contributed by atoms with Gasteiger partial charge in [-0.3, -0.25) is 4.79 Å². The van der Waals surface area contributed by atoms with Crippen molar-refractivity contribution in [2.24, 2.45) is 0 Å². The second-order valence-electron chi connectivity index (χ2n) is 4.27. The fourth-order valence-electron chi connectivity index (χ4n) is 1.80. The van der Waals surface area contributed by atoms with Gasteiger partial charge in [-0.25, -0.2) is 0 Å². The third kappa shape index (κ3) is 3.53. The second kappa shape index (κ2) is 6.54. The van der Waals surface area contributed by atoms with Crippen LogP contribution in [0.25, 0.3) is 0 Å². The molecule has 0 radical (unpaired) electrons. The number of carbonyl (C=O) groups excluding carboxylic acids is 1. The number of halogens is 1. The minimum atomic E-state index is 0. The molecule has 0 bridgehead atoms. The first-order valence-electron chi connectivity index (χ1n) is 5.41. The fourth-order valence-corrected chi connectivity index (χ4v) is 1.80. The second-order valence-corrected chi connectivity index (χ2v) is 4.27. The van der Waals surface area contributed by atoms with Gasteiger partial charge in [-0.1, -0.05) is 18.2 Å². The number of nitrogens with zero attached hydrogens (tertiary/aromatic N) is 1.